The van der Waals surface area contributed by atoms with Crippen molar-refractivity contribution in [2.24, 2.45) is 0 Å². The number of aromatic nitrogens is 2. The number of carbonyl (C=O) groups excluding carboxylic acids is 10. The minimum atomic E-state index is -2.20. The quantitative estimate of drug-likeness (QED) is 0.00565. The smallest absolute Gasteiger partial charge is 0.327 e. The number of aliphatic hydroxyl groups is 16. The number of carboxylic acids is 3. The Morgan fingerprint density at radius 1 is 0.507 bits per heavy atom. The van der Waals surface area contributed by atoms with Crippen molar-refractivity contribution >= 4 is 133 Å². The number of hydrogen-bond acceptors (Lipinski definition) is 38. The third-order valence-corrected chi connectivity index (χ3v) is 24.7. The lowest BCUT2D eigenvalue weighted by Crippen LogP contribution is -2.60. The molecule has 4 aromatic carbocycles. The average molecular weight is 2000 g/mol. The lowest BCUT2D eigenvalue weighted by atomic mass is 9.99. The molecule has 0 saturated heterocycles. The fourth-order valence-corrected chi connectivity index (χ4v) is 16.7. The Kier molecular flexibility index (Phi) is 48.9. The molecule has 9 amide bonds. The van der Waals surface area contributed by atoms with Crippen molar-refractivity contribution in [1.29, 1.82) is 0 Å². The first kappa shape index (κ1) is 115. The van der Waals surface area contributed by atoms with Gasteiger partial charge in [-0.1, -0.05) is 60.5 Å². The van der Waals surface area contributed by atoms with Crippen molar-refractivity contribution in [1.82, 2.24) is 63.1 Å². The molecule has 138 heavy (non-hydrogen) atoms. The number of nitrogens with two attached hydrogens (primary N) is 1. The Bertz CT molecular complexity index is 4950. The molecule has 0 fully saturated rings. The summed E-state index contributed by atoms with van der Waals surface area (Å²) in [5, 5.41) is 216. The van der Waals surface area contributed by atoms with E-state index in [4.69, 9.17) is 16.3 Å². The summed E-state index contributed by atoms with van der Waals surface area (Å²) >= 11 is 1.74. The highest BCUT2D eigenvalue weighted by Crippen LogP contribution is 2.46. The van der Waals surface area contributed by atoms with E-state index in [9.17, 15) is 164 Å². The maximum atomic E-state index is 14.9. The number of terminal acetylenes is 1. The molecule has 32 N–H and O–H groups in total. The second-order valence-electron chi connectivity index (χ2n) is 32.4. The van der Waals surface area contributed by atoms with E-state index in [1.807, 2.05) is 53.4 Å². The van der Waals surface area contributed by atoms with E-state index in [1.165, 1.54) is 11.8 Å². The number of nitrogens with one attached hydrogen (secondary N) is 11. The molecule has 51 heteroatoms. The van der Waals surface area contributed by atoms with Gasteiger partial charge < -0.3 is 160 Å². The molecule has 1 unspecified atom stereocenters. The molecule has 20 atom stereocenters. The molecule has 6 rings (SSSR count). The summed E-state index contributed by atoms with van der Waals surface area (Å²) in [6.07, 6.45) is -30.2. The van der Waals surface area contributed by atoms with Crippen molar-refractivity contribution in [2.45, 2.75) is 225 Å². The van der Waals surface area contributed by atoms with Crippen molar-refractivity contribution in [3.05, 3.63) is 124 Å². The fourth-order valence-electron chi connectivity index (χ4n) is 14.0. The van der Waals surface area contributed by atoms with Crippen LogP contribution < -0.4 is 69.4 Å². The SMILES string of the molecule is C#CCN(Cc1ccc2nc(N)[nH]c(=O)c2c1)c1ccc(C(=O)N[C@H](C)CCC(=O)OSSC[C@H](NC(=O)[C@H](CCC(=O)NC[C@H](O)[C@@H](O)[C@H](O)[C@H](O)CO)NC(=O)[C@H](CCC(=O)O)NC(=O)[C@H](CCC(O)NC[C@H](O)[C@@H](O)[C@H](O)[C@H](O)CO)NC(=O)[C@H](CCC(=O)O)NC(=O)[C@H](CCC(=O)NC[C@H](O)[C@@H](O)[C@H](O)[C@H](O)CO)NC(=O)CCSCC2c3ccccc3-c3ccccc32)C(=O)O)cc1. The third kappa shape index (κ3) is 37.4. The summed E-state index contributed by atoms with van der Waals surface area (Å²) in [5.41, 5.74) is 11.4. The zero-order chi connectivity index (χ0) is 102. The zero-order valence-electron chi connectivity index (χ0n) is 74.6. The van der Waals surface area contributed by atoms with E-state index in [0.29, 0.717) is 49.8 Å². The van der Waals surface area contributed by atoms with Crippen LogP contribution in [0.1, 0.15) is 123 Å². The van der Waals surface area contributed by atoms with Crippen LogP contribution in [0.5, 0.6) is 0 Å². The second-order valence-corrected chi connectivity index (χ2v) is 35.5. The number of aliphatic carboxylic acids is 3. The van der Waals surface area contributed by atoms with Crippen LogP contribution in [0.3, 0.4) is 0 Å². The molecule has 0 radical (unpaired) electrons. The number of anilines is 2. The van der Waals surface area contributed by atoms with Crippen LogP contribution in [0, 0.1) is 12.3 Å². The molecular weight excluding hydrogens is 1880 g/mol. The van der Waals surface area contributed by atoms with Crippen LogP contribution in [0.15, 0.2) is 95.8 Å². The number of carboxylic acid groups (broad SMARTS) is 3. The van der Waals surface area contributed by atoms with Gasteiger partial charge in [0.15, 0.2) is 0 Å². The van der Waals surface area contributed by atoms with Gasteiger partial charge in [0, 0.05) is 105 Å². The zero-order valence-corrected chi connectivity index (χ0v) is 77.1. The maximum Gasteiger partial charge on any atom is 0.327 e. The number of nitrogen functional groups attached to an aromatic ring is 1. The monoisotopic (exact) mass is 2000 g/mol. The summed E-state index contributed by atoms with van der Waals surface area (Å²) in [4.78, 5) is 199. The standard InChI is InChI=1S/C87H120N14O34S3/c1-3-31-101(37-44-13-18-53-51(33-44)80(127)100-87(88)99-53)46-16-14-45(15-17-46)79(126)92-43(2)12-29-72(119)135-138-137-42-59(86(133)134)98-85(132)56(21-26-68(113)91-36-62(107)75(122)78(125)65(110)40-104)95-84(131)58(23-28-71(117)118)97-82(129)55(20-25-67(112)90-35-61(106)74(121)77(124)64(109)39-103)94-83(130)57(22-27-70(115)116)96-81(128)54(19-24-66(111)89-34-60(105)73(120)76(123)63(108)38-102)93-69(114)30-32-136-41-52-49-10-6-4-8-47(49)48-9-5-7-11-50(48)52/h1,4-11,13-18,33,43,52,54-65,67,73-78,90,102-110,112,120-125H,12,19-32,34-42H2,2H3,(H,89,111)(H,91,113)(H,92,126)(H,93,114)(H,94,130)(H,95,131)(H,96,128)(H,97,129)(H,98,132)(H,115,116)(H,117,118)(H,133,134)(H3,88,99,100,127)/t43-,54+,55+,56+,57+,58+,59+,60+,61+,62+,63-,64-,65-,67?,73-,74-,75-,76-,77-,78-/m1/s1. The predicted molar refractivity (Wildman–Crippen MR) is 495 cm³/mol. The van der Waals surface area contributed by atoms with Crippen molar-refractivity contribution in [2.75, 3.05) is 73.9 Å². The van der Waals surface area contributed by atoms with Gasteiger partial charge in [0.1, 0.15) is 108 Å². The van der Waals surface area contributed by atoms with Crippen LogP contribution in [0.4, 0.5) is 11.6 Å². The van der Waals surface area contributed by atoms with Crippen molar-refractivity contribution in [3.63, 3.8) is 0 Å². The normalized spacial score (nSPS) is 16.1. The van der Waals surface area contributed by atoms with Crippen LogP contribution in [0.25, 0.3) is 22.0 Å². The second kappa shape index (κ2) is 58.5. The summed E-state index contributed by atoms with van der Waals surface area (Å²) in [6, 6.07) is 14.0. The Labute approximate surface area is 801 Å². The Hall–Kier alpha value is -11.3. The van der Waals surface area contributed by atoms with Gasteiger partial charge in [0.25, 0.3) is 11.5 Å². The highest BCUT2D eigenvalue weighted by Gasteiger charge is 2.39. The topological polar surface area (TPSA) is 811 Å². The number of fused-ring (bicyclic) bond motifs is 4. The first-order chi connectivity index (χ1) is 65.5. The summed E-state index contributed by atoms with van der Waals surface area (Å²) in [5.74, 6) is -14.0. The van der Waals surface area contributed by atoms with E-state index >= 15 is 0 Å². The predicted octanol–water partition coefficient (Wildman–Crippen LogP) is -7.67. The van der Waals surface area contributed by atoms with Gasteiger partial charge >= 0.3 is 23.9 Å². The summed E-state index contributed by atoms with van der Waals surface area (Å²) < 4.78 is 5.21. The lowest BCUT2D eigenvalue weighted by molar-refractivity contribution is -0.142. The molecule has 1 aromatic heterocycles. The average Bonchev–Trinajstić information content (AvgIpc) is 1.61. The Morgan fingerprint density at radius 3 is 1.41 bits per heavy atom. The lowest BCUT2D eigenvalue weighted by Gasteiger charge is -2.28. The van der Waals surface area contributed by atoms with Crippen LogP contribution in [-0.4, -0.2) is 369 Å². The first-order valence-corrected chi connectivity index (χ1v) is 46.9. The number of carbonyl (C=O) groups is 13. The van der Waals surface area contributed by atoms with Crippen LogP contribution in [-0.2, 0) is 68.3 Å². The molecule has 0 bridgehead atoms. The number of aliphatic hydroxyl groups excluding tert-OH is 16. The number of hydrogen-bond donors (Lipinski definition) is 31. The molecule has 48 nitrogen and oxygen atoms in total. The highest BCUT2D eigenvalue weighted by molar-refractivity contribution is 8.75. The van der Waals surface area contributed by atoms with Crippen molar-refractivity contribution in [3.8, 4) is 23.5 Å². The molecule has 0 aliphatic heterocycles. The summed E-state index contributed by atoms with van der Waals surface area (Å²) in [6.45, 7) is -3.73. The number of aromatic amines is 1. The van der Waals surface area contributed by atoms with Gasteiger partial charge in [-0.15, -0.1) is 6.42 Å². The van der Waals surface area contributed by atoms with E-state index in [2.05, 4.69) is 69.1 Å². The fraction of sp³-hybridized carbons (Fsp3) is 0.529. The summed E-state index contributed by atoms with van der Waals surface area (Å²) in [7, 11) is 0.561. The number of benzene rings is 4. The van der Waals surface area contributed by atoms with Gasteiger partial charge in [-0.05, 0) is 127 Å². The van der Waals surface area contributed by atoms with E-state index in [1.54, 1.807) is 49.4 Å². The van der Waals surface area contributed by atoms with Gasteiger partial charge in [-0.2, -0.15) is 11.8 Å². The highest BCUT2D eigenvalue weighted by atomic mass is 33.1. The number of rotatable bonds is 64. The Morgan fingerprint density at radius 2 is 0.949 bits per heavy atom. The van der Waals surface area contributed by atoms with Crippen LogP contribution in [0.2, 0.25) is 0 Å². The molecule has 0 spiro atoms. The van der Waals surface area contributed by atoms with Gasteiger partial charge in [0.05, 0.1) is 55.6 Å². The third-order valence-electron chi connectivity index (χ3n) is 21.9. The molecule has 1 aliphatic carbocycles. The van der Waals surface area contributed by atoms with Gasteiger partial charge in [0.2, 0.25) is 53.2 Å². The molecule has 0 saturated carbocycles. The number of thioether (sulfide) groups is 1. The first-order valence-electron chi connectivity index (χ1n) is 43.5. The Balaban J connectivity index is 1.21. The number of amides is 9. The maximum absolute atomic E-state index is 14.9. The minimum Gasteiger partial charge on any atom is -0.481 e. The molecule has 1 heterocycles. The van der Waals surface area contributed by atoms with E-state index in [-0.39, 0.29) is 55.5 Å². The minimum absolute atomic E-state index is 0.0170. The largest absolute Gasteiger partial charge is 0.481 e. The molecule has 760 valence electrons. The molecular formula is C87H120N14O34S3. The molecule has 5 aromatic rings. The number of nitrogens with zero attached hydrogens (tertiary/aromatic N) is 2. The number of H-pyrrole nitrogens is 1. The molecule has 1 aliphatic rings. The van der Waals surface area contributed by atoms with E-state index in [0.717, 1.165) is 22.3 Å². The van der Waals surface area contributed by atoms with Gasteiger partial charge in [-0.3, -0.25) is 72.6 Å². The van der Waals surface area contributed by atoms with E-state index < -0.39 is 314 Å². The van der Waals surface area contributed by atoms with Gasteiger partial charge in [-0.25, -0.2) is 9.78 Å². The van der Waals surface area contributed by atoms with Crippen LogP contribution >= 0.6 is 33.6 Å². The van der Waals surface area contributed by atoms with Crippen molar-refractivity contribution < 1.29 is 164 Å².